The van der Waals surface area contributed by atoms with Gasteiger partial charge in [0.2, 0.25) is 5.91 Å². The molecule has 2 heterocycles. The molecule has 0 radical (unpaired) electrons. The molecule has 120 valence electrons. The van der Waals surface area contributed by atoms with Crippen molar-refractivity contribution in [3.63, 3.8) is 0 Å². The third-order valence-corrected chi connectivity index (χ3v) is 3.65. The van der Waals surface area contributed by atoms with Crippen molar-refractivity contribution in [3.8, 4) is 0 Å². The molecular formula is C18H20N2O3. The van der Waals surface area contributed by atoms with E-state index < -0.39 is 0 Å². The molecule has 1 N–H and O–H groups in total. The second kappa shape index (κ2) is 7.76. The summed E-state index contributed by atoms with van der Waals surface area (Å²) < 4.78 is 10.5. The molecule has 0 aliphatic carbocycles. The minimum Gasteiger partial charge on any atom is -0.465 e. The highest BCUT2D eigenvalue weighted by Gasteiger charge is 2.10. The lowest BCUT2D eigenvalue weighted by atomic mass is 10.2. The van der Waals surface area contributed by atoms with Gasteiger partial charge >= 0.3 is 0 Å². The van der Waals surface area contributed by atoms with Crippen molar-refractivity contribution in [2.24, 2.45) is 0 Å². The highest BCUT2D eigenvalue weighted by atomic mass is 16.5. The molecule has 0 bridgehead atoms. The lowest BCUT2D eigenvalue weighted by Crippen LogP contribution is -2.35. The van der Waals surface area contributed by atoms with E-state index in [0.717, 1.165) is 38.5 Å². The van der Waals surface area contributed by atoms with Crippen LogP contribution in [0, 0.1) is 0 Å². The number of carbonyl (C=O) groups excluding carboxylic acids is 1. The van der Waals surface area contributed by atoms with Crippen molar-refractivity contribution in [1.82, 2.24) is 4.90 Å². The fourth-order valence-electron chi connectivity index (χ4n) is 2.49. The third-order valence-electron chi connectivity index (χ3n) is 3.65. The largest absolute Gasteiger partial charge is 0.465 e. The van der Waals surface area contributed by atoms with E-state index in [9.17, 15) is 4.79 Å². The number of amides is 1. The van der Waals surface area contributed by atoms with Crippen LogP contribution in [0.15, 0.2) is 53.2 Å². The number of carbonyl (C=O) groups is 1. The molecule has 1 aliphatic rings. The molecule has 0 unspecified atom stereocenters. The van der Waals surface area contributed by atoms with Gasteiger partial charge in [0, 0.05) is 31.4 Å². The second-order valence-corrected chi connectivity index (χ2v) is 5.43. The summed E-state index contributed by atoms with van der Waals surface area (Å²) in [4.78, 5) is 14.3. The zero-order valence-electron chi connectivity index (χ0n) is 12.9. The van der Waals surface area contributed by atoms with E-state index in [-0.39, 0.29) is 5.91 Å². The van der Waals surface area contributed by atoms with Crippen LogP contribution in [0.5, 0.6) is 0 Å². The summed E-state index contributed by atoms with van der Waals surface area (Å²) in [7, 11) is 0. The maximum Gasteiger partial charge on any atom is 0.248 e. The quantitative estimate of drug-likeness (QED) is 0.863. The van der Waals surface area contributed by atoms with Gasteiger partial charge in [0.05, 0.1) is 19.5 Å². The van der Waals surface area contributed by atoms with Crippen LogP contribution < -0.4 is 5.32 Å². The van der Waals surface area contributed by atoms with Gasteiger partial charge in [0.1, 0.15) is 5.76 Å². The zero-order valence-corrected chi connectivity index (χ0v) is 12.9. The van der Waals surface area contributed by atoms with Crippen LogP contribution in [0.2, 0.25) is 0 Å². The number of anilines is 1. The Morgan fingerprint density at radius 2 is 2.09 bits per heavy atom. The molecule has 0 spiro atoms. The molecule has 5 nitrogen and oxygen atoms in total. The van der Waals surface area contributed by atoms with Gasteiger partial charge in [0.25, 0.3) is 0 Å². The number of rotatable bonds is 5. The average Bonchev–Trinajstić information content (AvgIpc) is 3.08. The van der Waals surface area contributed by atoms with Gasteiger partial charge in [-0.05, 0) is 35.9 Å². The summed E-state index contributed by atoms with van der Waals surface area (Å²) in [5.74, 6) is 0.478. The molecule has 1 aliphatic heterocycles. The van der Waals surface area contributed by atoms with E-state index >= 15 is 0 Å². The Balaban J connectivity index is 1.57. The van der Waals surface area contributed by atoms with Crippen LogP contribution >= 0.6 is 0 Å². The van der Waals surface area contributed by atoms with Crippen molar-refractivity contribution < 1.29 is 13.9 Å². The molecule has 1 aromatic heterocycles. The Labute approximate surface area is 135 Å². The van der Waals surface area contributed by atoms with Crippen molar-refractivity contribution >= 4 is 17.7 Å². The normalized spacial score (nSPS) is 15.8. The first-order chi connectivity index (χ1) is 11.3. The molecule has 1 fully saturated rings. The number of benzene rings is 1. The third kappa shape index (κ3) is 4.81. The molecule has 0 atom stereocenters. The average molecular weight is 312 g/mol. The standard InChI is InChI=1S/C18H20N2O3/c21-18(7-6-17-5-2-10-23-17)19-16-4-1-3-15(13-16)14-20-8-11-22-12-9-20/h1-7,10,13H,8-9,11-12,14H2,(H,19,21)/b7-6+. The molecule has 2 aromatic rings. The number of nitrogens with zero attached hydrogens (tertiary/aromatic N) is 1. The first-order valence-corrected chi connectivity index (χ1v) is 7.71. The van der Waals surface area contributed by atoms with Crippen molar-refractivity contribution in [3.05, 3.63) is 60.1 Å². The SMILES string of the molecule is O=C(/C=C/c1ccco1)Nc1cccc(CN2CCOCC2)c1. The molecule has 0 saturated carbocycles. The maximum absolute atomic E-state index is 11.9. The summed E-state index contributed by atoms with van der Waals surface area (Å²) in [6.45, 7) is 4.34. The van der Waals surface area contributed by atoms with E-state index in [1.807, 2.05) is 18.2 Å². The smallest absolute Gasteiger partial charge is 0.248 e. The van der Waals surface area contributed by atoms with Crippen LogP contribution in [0.25, 0.3) is 6.08 Å². The van der Waals surface area contributed by atoms with Gasteiger partial charge in [-0.25, -0.2) is 0 Å². The van der Waals surface area contributed by atoms with Crippen molar-refractivity contribution in [2.75, 3.05) is 31.6 Å². The van der Waals surface area contributed by atoms with Gasteiger partial charge < -0.3 is 14.5 Å². The Bertz CT molecular complexity index is 659. The molecule has 23 heavy (non-hydrogen) atoms. The summed E-state index contributed by atoms with van der Waals surface area (Å²) in [5.41, 5.74) is 1.98. The lowest BCUT2D eigenvalue weighted by Gasteiger charge is -2.26. The van der Waals surface area contributed by atoms with Crippen LogP contribution in [0.3, 0.4) is 0 Å². The molecule has 1 amide bonds. The number of morpholine rings is 1. The molecular weight excluding hydrogens is 292 g/mol. The lowest BCUT2D eigenvalue weighted by molar-refractivity contribution is -0.111. The molecule has 3 rings (SSSR count). The van der Waals surface area contributed by atoms with E-state index in [2.05, 4.69) is 16.3 Å². The molecule has 5 heteroatoms. The maximum atomic E-state index is 11.9. The summed E-state index contributed by atoms with van der Waals surface area (Å²) >= 11 is 0. The van der Waals surface area contributed by atoms with Crippen molar-refractivity contribution in [1.29, 1.82) is 0 Å². The predicted octanol–water partition coefficient (Wildman–Crippen LogP) is 2.76. The minimum atomic E-state index is -0.176. The first kappa shape index (κ1) is 15.5. The zero-order chi connectivity index (χ0) is 15.9. The van der Waals surface area contributed by atoms with Crippen LogP contribution in [0.1, 0.15) is 11.3 Å². The fourth-order valence-corrected chi connectivity index (χ4v) is 2.49. The van der Waals surface area contributed by atoms with Crippen molar-refractivity contribution in [2.45, 2.75) is 6.54 Å². The molecule has 1 aromatic carbocycles. The highest BCUT2D eigenvalue weighted by Crippen LogP contribution is 2.14. The van der Waals surface area contributed by atoms with Crippen LogP contribution in [0.4, 0.5) is 5.69 Å². The van der Waals surface area contributed by atoms with Gasteiger partial charge in [-0.1, -0.05) is 12.1 Å². The second-order valence-electron chi connectivity index (χ2n) is 5.43. The summed E-state index contributed by atoms with van der Waals surface area (Å²) in [6, 6.07) is 11.5. The fraction of sp³-hybridized carbons (Fsp3) is 0.278. The van der Waals surface area contributed by atoms with E-state index in [1.165, 1.54) is 11.6 Å². The van der Waals surface area contributed by atoms with E-state index in [0.29, 0.717) is 5.76 Å². The molecule has 1 saturated heterocycles. The topological polar surface area (TPSA) is 54.7 Å². The minimum absolute atomic E-state index is 0.176. The van der Waals surface area contributed by atoms with Gasteiger partial charge in [-0.2, -0.15) is 0 Å². The Morgan fingerprint density at radius 1 is 1.22 bits per heavy atom. The summed E-state index contributed by atoms with van der Waals surface area (Å²) in [6.07, 6.45) is 4.69. The van der Waals surface area contributed by atoms with E-state index in [4.69, 9.17) is 9.15 Å². The van der Waals surface area contributed by atoms with Gasteiger partial charge in [-0.3, -0.25) is 9.69 Å². The number of hydrogen-bond donors (Lipinski definition) is 1. The van der Waals surface area contributed by atoms with Crippen LogP contribution in [-0.4, -0.2) is 37.1 Å². The first-order valence-electron chi connectivity index (χ1n) is 7.71. The number of ether oxygens (including phenoxy) is 1. The highest BCUT2D eigenvalue weighted by molar-refractivity contribution is 6.01. The Kier molecular flexibility index (Phi) is 5.24. The number of hydrogen-bond acceptors (Lipinski definition) is 4. The Hall–Kier alpha value is -2.37. The number of furan rings is 1. The van der Waals surface area contributed by atoms with E-state index in [1.54, 1.807) is 24.5 Å². The van der Waals surface area contributed by atoms with Gasteiger partial charge in [0.15, 0.2) is 0 Å². The monoisotopic (exact) mass is 312 g/mol. The number of nitrogens with one attached hydrogen (secondary N) is 1. The predicted molar refractivity (Wildman–Crippen MR) is 88.9 cm³/mol. The van der Waals surface area contributed by atoms with Gasteiger partial charge in [-0.15, -0.1) is 0 Å². The summed E-state index contributed by atoms with van der Waals surface area (Å²) in [5, 5.41) is 2.87. The Morgan fingerprint density at radius 3 is 2.87 bits per heavy atom. The van der Waals surface area contributed by atoms with Crippen LogP contribution in [-0.2, 0) is 16.1 Å².